The second kappa shape index (κ2) is 14.9. The summed E-state index contributed by atoms with van der Waals surface area (Å²) >= 11 is 0. The minimum atomic E-state index is -4.17. The number of nitrogens with one attached hydrogen (secondary N) is 1. The number of nitrogens with zero attached hydrogens (tertiary/aromatic N) is 2. The van der Waals surface area contributed by atoms with Gasteiger partial charge in [-0.3, -0.25) is 13.9 Å². The Morgan fingerprint density at radius 2 is 1.51 bits per heavy atom. The summed E-state index contributed by atoms with van der Waals surface area (Å²) in [6.45, 7) is 1.43. The number of benzene rings is 3. The van der Waals surface area contributed by atoms with Gasteiger partial charge in [0.2, 0.25) is 11.8 Å². The second-order valence-corrected chi connectivity index (χ2v) is 12.6. The number of rotatable bonds is 13. The van der Waals surface area contributed by atoms with Crippen LogP contribution in [0.15, 0.2) is 83.8 Å². The van der Waals surface area contributed by atoms with Crippen molar-refractivity contribution in [2.24, 2.45) is 0 Å². The minimum absolute atomic E-state index is 0.0384. The van der Waals surface area contributed by atoms with E-state index in [1.165, 1.54) is 37.3 Å². The number of sulfonamides is 1. The third kappa shape index (κ3) is 8.07. The molecule has 10 heteroatoms. The van der Waals surface area contributed by atoms with E-state index in [0.717, 1.165) is 42.0 Å². The minimum Gasteiger partial charge on any atom is -0.493 e. The SMILES string of the molecule is COc1ccc(N(CC(=O)N(CCc2ccccc2)[C@@H](C)C(=O)NC2CCCCC2)S(=O)(=O)c2ccccc2)cc1OC. The maximum atomic E-state index is 14.1. The van der Waals surface area contributed by atoms with Gasteiger partial charge in [-0.25, -0.2) is 8.42 Å². The van der Waals surface area contributed by atoms with Gasteiger partial charge in [0.1, 0.15) is 12.6 Å². The van der Waals surface area contributed by atoms with Crippen molar-refractivity contribution in [1.82, 2.24) is 10.2 Å². The summed E-state index contributed by atoms with van der Waals surface area (Å²) in [5.41, 5.74) is 1.24. The molecule has 0 spiro atoms. The zero-order valence-electron chi connectivity index (χ0n) is 25.1. The highest BCUT2D eigenvalue weighted by molar-refractivity contribution is 7.92. The quantitative estimate of drug-likeness (QED) is 0.299. The van der Waals surface area contributed by atoms with E-state index in [2.05, 4.69) is 5.32 Å². The monoisotopic (exact) mass is 607 g/mol. The van der Waals surface area contributed by atoms with E-state index < -0.39 is 28.5 Å². The molecule has 1 fully saturated rings. The molecule has 230 valence electrons. The molecular formula is C33H41N3O6S. The van der Waals surface area contributed by atoms with Crippen molar-refractivity contribution < 1.29 is 27.5 Å². The van der Waals surface area contributed by atoms with Crippen LogP contribution in [0.25, 0.3) is 0 Å². The summed E-state index contributed by atoms with van der Waals surface area (Å²) in [4.78, 5) is 29.1. The Labute approximate surface area is 254 Å². The Morgan fingerprint density at radius 1 is 0.884 bits per heavy atom. The standard InChI is InChI=1S/C33H41N3O6S/c1-25(33(38)34-27-15-9-5-10-16-27)35(22-21-26-13-7-4-8-14-26)32(37)24-36(43(39,40)29-17-11-6-12-18-29)28-19-20-30(41-2)31(23-28)42-3/h4,6-8,11-14,17-20,23,25,27H,5,9-10,15-16,21-22,24H2,1-3H3,(H,34,38)/t25-/m0/s1. The predicted octanol–water partition coefficient (Wildman–Crippen LogP) is 4.81. The molecule has 0 bridgehead atoms. The van der Waals surface area contributed by atoms with Crippen LogP contribution in [0.2, 0.25) is 0 Å². The maximum Gasteiger partial charge on any atom is 0.264 e. The molecule has 4 rings (SSSR count). The first-order chi connectivity index (χ1) is 20.7. The number of anilines is 1. The van der Waals surface area contributed by atoms with Crippen LogP contribution in [-0.4, -0.2) is 64.5 Å². The molecule has 2 amide bonds. The molecule has 43 heavy (non-hydrogen) atoms. The van der Waals surface area contributed by atoms with Gasteiger partial charge in [-0.05, 0) is 56.0 Å². The lowest BCUT2D eigenvalue weighted by atomic mass is 9.95. The molecule has 0 heterocycles. The summed E-state index contributed by atoms with van der Waals surface area (Å²) < 4.78 is 39.8. The second-order valence-electron chi connectivity index (χ2n) is 10.7. The van der Waals surface area contributed by atoms with E-state index in [-0.39, 0.29) is 29.1 Å². The molecule has 0 aliphatic heterocycles. The third-order valence-corrected chi connectivity index (χ3v) is 9.66. The van der Waals surface area contributed by atoms with Gasteiger partial charge in [-0.1, -0.05) is 67.8 Å². The first-order valence-electron chi connectivity index (χ1n) is 14.7. The van der Waals surface area contributed by atoms with Crippen LogP contribution >= 0.6 is 0 Å². The Kier molecular flexibility index (Phi) is 11.1. The fourth-order valence-electron chi connectivity index (χ4n) is 5.37. The molecule has 1 saturated carbocycles. The van der Waals surface area contributed by atoms with Crippen LogP contribution < -0.4 is 19.1 Å². The molecule has 3 aromatic rings. The van der Waals surface area contributed by atoms with Crippen LogP contribution in [0, 0.1) is 0 Å². The average Bonchev–Trinajstić information content (AvgIpc) is 3.04. The molecule has 1 aliphatic rings. The van der Waals surface area contributed by atoms with Gasteiger partial charge in [-0.15, -0.1) is 0 Å². The Balaban J connectivity index is 1.67. The summed E-state index contributed by atoms with van der Waals surface area (Å²) in [6.07, 6.45) is 5.62. The first-order valence-corrected chi connectivity index (χ1v) is 16.1. The number of amides is 2. The number of carbonyl (C=O) groups excluding carboxylic acids is 2. The van der Waals surface area contributed by atoms with E-state index >= 15 is 0 Å². The van der Waals surface area contributed by atoms with Gasteiger partial charge in [-0.2, -0.15) is 0 Å². The largest absolute Gasteiger partial charge is 0.493 e. The summed E-state index contributed by atoms with van der Waals surface area (Å²) in [7, 11) is -1.23. The van der Waals surface area contributed by atoms with Crippen LogP contribution in [0.4, 0.5) is 5.69 Å². The fourth-order valence-corrected chi connectivity index (χ4v) is 6.79. The topological polar surface area (TPSA) is 105 Å². The van der Waals surface area contributed by atoms with Gasteiger partial charge < -0.3 is 19.7 Å². The highest BCUT2D eigenvalue weighted by Crippen LogP contribution is 2.34. The maximum absolute atomic E-state index is 14.1. The van der Waals surface area contributed by atoms with E-state index in [0.29, 0.717) is 17.9 Å². The fraction of sp³-hybridized carbons (Fsp3) is 0.394. The summed E-state index contributed by atoms with van der Waals surface area (Å²) in [5.74, 6) is 0.0161. The Hall–Kier alpha value is -4.05. The zero-order valence-corrected chi connectivity index (χ0v) is 25.9. The molecular weight excluding hydrogens is 566 g/mol. The smallest absolute Gasteiger partial charge is 0.264 e. The molecule has 0 aromatic heterocycles. The van der Waals surface area contributed by atoms with Gasteiger partial charge in [0, 0.05) is 18.7 Å². The first kappa shape index (κ1) is 31.9. The van der Waals surface area contributed by atoms with Gasteiger partial charge in [0.05, 0.1) is 24.8 Å². The number of carbonyl (C=O) groups is 2. The number of ether oxygens (including phenoxy) is 2. The van der Waals surface area contributed by atoms with E-state index in [9.17, 15) is 18.0 Å². The van der Waals surface area contributed by atoms with Gasteiger partial charge in [0.15, 0.2) is 11.5 Å². The lowest BCUT2D eigenvalue weighted by Crippen LogP contribution is -2.53. The molecule has 0 saturated heterocycles. The van der Waals surface area contributed by atoms with Gasteiger partial charge >= 0.3 is 0 Å². The molecule has 1 N–H and O–H groups in total. The van der Waals surface area contributed by atoms with Crippen molar-refractivity contribution in [2.75, 3.05) is 31.6 Å². The molecule has 0 radical (unpaired) electrons. The number of hydrogen-bond donors (Lipinski definition) is 1. The lowest BCUT2D eigenvalue weighted by molar-refractivity contribution is -0.139. The van der Waals surface area contributed by atoms with Crippen molar-refractivity contribution in [3.8, 4) is 11.5 Å². The van der Waals surface area contributed by atoms with Crippen molar-refractivity contribution in [2.45, 2.75) is 62.4 Å². The van der Waals surface area contributed by atoms with Gasteiger partial charge in [0.25, 0.3) is 10.0 Å². The molecule has 9 nitrogen and oxygen atoms in total. The molecule has 1 aliphatic carbocycles. The van der Waals surface area contributed by atoms with E-state index in [1.807, 2.05) is 30.3 Å². The van der Waals surface area contributed by atoms with E-state index in [4.69, 9.17) is 9.47 Å². The normalized spacial score (nSPS) is 14.4. The van der Waals surface area contributed by atoms with Crippen molar-refractivity contribution in [1.29, 1.82) is 0 Å². The average molecular weight is 608 g/mol. The highest BCUT2D eigenvalue weighted by atomic mass is 32.2. The van der Waals surface area contributed by atoms with Crippen molar-refractivity contribution >= 4 is 27.5 Å². The number of methoxy groups -OCH3 is 2. The Morgan fingerprint density at radius 3 is 2.14 bits per heavy atom. The molecule has 3 aromatic carbocycles. The predicted molar refractivity (Wildman–Crippen MR) is 167 cm³/mol. The Bertz CT molecular complexity index is 1460. The highest BCUT2D eigenvalue weighted by Gasteiger charge is 2.33. The zero-order chi connectivity index (χ0) is 30.8. The molecule has 1 atom stereocenters. The lowest BCUT2D eigenvalue weighted by Gasteiger charge is -2.33. The third-order valence-electron chi connectivity index (χ3n) is 7.87. The van der Waals surface area contributed by atoms with Crippen LogP contribution in [0.1, 0.15) is 44.6 Å². The van der Waals surface area contributed by atoms with Crippen molar-refractivity contribution in [3.63, 3.8) is 0 Å². The summed E-state index contributed by atoms with van der Waals surface area (Å²) in [6, 6.07) is 21.6. The van der Waals surface area contributed by atoms with Crippen LogP contribution in [0.5, 0.6) is 11.5 Å². The van der Waals surface area contributed by atoms with Crippen LogP contribution in [-0.2, 0) is 26.0 Å². The molecule has 0 unspecified atom stereocenters. The van der Waals surface area contributed by atoms with Crippen LogP contribution in [0.3, 0.4) is 0 Å². The van der Waals surface area contributed by atoms with Crippen molar-refractivity contribution in [3.05, 3.63) is 84.4 Å². The summed E-state index contributed by atoms with van der Waals surface area (Å²) in [5, 5.41) is 3.13. The van der Waals surface area contributed by atoms with E-state index in [1.54, 1.807) is 37.3 Å². The number of hydrogen-bond acceptors (Lipinski definition) is 6.